The largest absolute Gasteiger partial charge is 0.354 e. The monoisotopic (exact) mass is 312 g/mol. The van der Waals surface area contributed by atoms with Crippen molar-refractivity contribution in [2.45, 2.75) is 18.7 Å². The molecule has 21 heavy (non-hydrogen) atoms. The molecular formula is C14H20N2O4S. The van der Waals surface area contributed by atoms with Crippen LogP contribution in [-0.2, 0) is 14.6 Å². The zero-order valence-corrected chi connectivity index (χ0v) is 13.2. The van der Waals surface area contributed by atoms with Crippen LogP contribution in [0.2, 0.25) is 0 Å². The Kier molecular flexibility index (Phi) is 5.90. The van der Waals surface area contributed by atoms with Gasteiger partial charge in [0.1, 0.15) is 0 Å². The first kappa shape index (κ1) is 17.2. The van der Waals surface area contributed by atoms with Crippen LogP contribution in [0.3, 0.4) is 0 Å². The highest BCUT2D eigenvalue weighted by Crippen LogP contribution is 2.11. The van der Waals surface area contributed by atoms with Crippen LogP contribution in [0.15, 0.2) is 29.2 Å². The zero-order chi connectivity index (χ0) is 16.0. The van der Waals surface area contributed by atoms with Crippen molar-refractivity contribution < 1.29 is 18.0 Å². The predicted octanol–water partition coefficient (Wildman–Crippen LogP) is 0.592. The van der Waals surface area contributed by atoms with Gasteiger partial charge in [0.2, 0.25) is 5.91 Å². The number of benzene rings is 1. The molecule has 116 valence electrons. The van der Waals surface area contributed by atoms with Crippen molar-refractivity contribution in [3.8, 4) is 0 Å². The summed E-state index contributed by atoms with van der Waals surface area (Å²) in [6.07, 6.45) is 1.09. The van der Waals surface area contributed by atoms with Crippen molar-refractivity contribution in [1.29, 1.82) is 0 Å². The quantitative estimate of drug-likeness (QED) is 0.752. The third-order valence-corrected chi connectivity index (χ3v) is 3.87. The van der Waals surface area contributed by atoms with E-state index < -0.39 is 9.84 Å². The molecule has 1 aromatic carbocycles. The Labute approximate surface area is 124 Å². The fourth-order valence-electron chi connectivity index (χ4n) is 1.54. The fourth-order valence-corrected chi connectivity index (χ4v) is 2.20. The molecule has 0 unspecified atom stereocenters. The van der Waals surface area contributed by atoms with Gasteiger partial charge in [-0.05, 0) is 18.2 Å². The number of hydrogen-bond donors (Lipinski definition) is 2. The molecule has 2 amide bonds. The van der Waals surface area contributed by atoms with Gasteiger partial charge in [-0.1, -0.05) is 19.9 Å². The van der Waals surface area contributed by atoms with Crippen LogP contribution in [0.5, 0.6) is 0 Å². The summed E-state index contributed by atoms with van der Waals surface area (Å²) in [6, 6.07) is 5.83. The third-order valence-electron chi connectivity index (χ3n) is 2.76. The molecule has 6 nitrogen and oxygen atoms in total. The molecule has 1 rings (SSSR count). The van der Waals surface area contributed by atoms with Gasteiger partial charge in [0.15, 0.2) is 9.84 Å². The van der Waals surface area contributed by atoms with Crippen LogP contribution >= 0.6 is 0 Å². The maximum atomic E-state index is 11.9. The van der Waals surface area contributed by atoms with Crippen LogP contribution < -0.4 is 10.6 Å². The average molecular weight is 312 g/mol. The minimum atomic E-state index is -3.34. The van der Waals surface area contributed by atoms with Gasteiger partial charge in [-0.3, -0.25) is 9.59 Å². The lowest BCUT2D eigenvalue weighted by Gasteiger charge is -2.09. The van der Waals surface area contributed by atoms with Gasteiger partial charge in [0, 0.05) is 30.8 Å². The second-order valence-electron chi connectivity index (χ2n) is 5.00. The predicted molar refractivity (Wildman–Crippen MR) is 79.7 cm³/mol. The number of amides is 2. The Hall–Kier alpha value is -1.89. The first-order valence-electron chi connectivity index (χ1n) is 6.58. The summed E-state index contributed by atoms with van der Waals surface area (Å²) >= 11 is 0. The van der Waals surface area contributed by atoms with Crippen molar-refractivity contribution in [1.82, 2.24) is 10.6 Å². The first-order valence-corrected chi connectivity index (χ1v) is 8.47. The summed E-state index contributed by atoms with van der Waals surface area (Å²) < 4.78 is 22.9. The highest BCUT2D eigenvalue weighted by Gasteiger charge is 2.11. The number of rotatable bonds is 6. The molecule has 1 aromatic rings. The van der Waals surface area contributed by atoms with E-state index in [0.29, 0.717) is 6.54 Å². The van der Waals surface area contributed by atoms with E-state index in [1.165, 1.54) is 24.3 Å². The van der Waals surface area contributed by atoms with Crippen LogP contribution in [0.4, 0.5) is 0 Å². The van der Waals surface area contributed by atoms with Crippen molar-refractivity contribution >= 4 is 21.7 Å². The number of hydrogen-bond acceptors (Lipinski definition) is 4. The maximum absolute atomic E-state index is 11.9. The SMILES string of the molecule is CC(C)C(=O)NCCNC(=O)c1cccc(S(C)(=O)=O)c1. The van der Waals surface area contributed by atoms with Gasteiger partial charge in [0.05, 0.1) is 4.90 Å². The van der Waals surface area contributed by atoms with Crippen LogP contribution in [0.25, 0.3) is 0 Å². The second-order valence-corrected chi connectivity index (χ2v) is 7.02. The Morgan fingerprint density at radius 1 is 1.14 bits per heavy atom. The molecule has 0 saturated carbocycles. The fraction of sp³-hybridized carbons (Fsp3) is 0.429. The Morgan fingerprint density at radius 3 is 2.33 bits per heavy atom. The molecule has 0 heterocycles. The van der Waals surface area contributed by atoms with Gasteiger partial charge >= 0.3 is 0 Å². The average Bonchev–Trinajstić information content (AvgIpc) is 2.42. The van der Waals surface area contributed by atoms with E-state index in [0.717, 1.165) is 6.26 Å². The van der Waals surface area contributed by atoms with E-state index in [-0.39, 0.29) is 34.7 Å². The van der Waals surface area contributed by atoms with E-state index in [1.807, 2.05) is 0 Å². The Balaban J connectivity index is 2.55. The molecule has 7 heteroatoms. The maximum Gasteiger partial charge on any atom is 0.251 e. The molecular weight excluding hydrogens is 292 g/mol. The summed E-state index contributed by atoms with van der Waals surface area (Å²) in [6.45, 7) is 4.17. The molecule has 0 radical (unpaired) electrons. The van der Waals surface area contributed by atoms with E-state index in [1.54, 1.807) is 13.8 Å². The third kappa shape index (κ3) is 5.55. The summed E-state index contributed by atoms with van der Waals surface area (Å²) in [5.74, 6) is -0.560. The van der Waals surface area contributed by atoms with Gasteiger partial charge in [-0.15, -0.1) is 0 Å². The molecule has 0 bridgehead atoms. The lowest BCUT2D eigenvalue weighted by atomic mass is 10.2. The van der Waals surface area contributed by atoms with Gasteiger partial charge < -0.3 is 10.6 Å². The first-order chi connectivity index (χ1) is 9.71. The molecule has 0 aromatic heterocycles. The van der Waals surface area contributed by atoms with E-state index in [9.17, 15) is 18.0 Å². The van der Waals surface area contributed by atoms with Crippen molar-refractivity contribution in [3.05, 3.63) is 29.8 Å². The zero-order valence-electron chi connectivity index (χ0n) is 12.3. The minimum Gasteiger partial charge on any atom is -0.354 e. The molecule has 0 saturated heterocycles. The molecule has 0 atom stereocenters. The lowest BCUT2D eigenvalue weighted by molar-refractivity contribution is -0.123. The summed E-state index contributed by atoms with van der Waals surface area (Å²) in [7, 11) is -3.34. The van der Waals surface area contributed by atoms with Gasteiger partial charge in [-0.25, -0.2) is 8.42 Å². The summed E-state index contributed by atoms with van der Waals surface area (Å²) in [5.41, 5.74) is 0.271. The Bertz CT molecular complexity index is 624. The van der Waals surface area contributed by atoms with E-state index in [2.05, 4.69) is 10.6 Å². The van der Waals surface area contributed by atoms with Crippen molar-refractivity contribution in [3.63, 3.8) is 0 Å². The van der Waals surface area contributed by atoms with Crippen LogP contribution in [0, 0.1) is 5.92 Å². The normalized spacial score (nSPS) is 11.2. The molecule has 0 aliphatic carbocycles. The highest BCUT2D eigenvalue weighted by atomic mass is 32.2. The molecule has 0 aliphatic rings. The molecule has 0 spiro atoms. The molecule has 2 N–H and O–H groups in total. The summed E-state index contributed by atoms with van der Waals surface area (Å²) in [5, 5.41) is 5.30. The number of carbonyl (C=O) groups is 2. The number of nitrogens with one attached hydrogen (secondary N) is 2. The van der Waals surface area contributed by atoms with Crippen LogP contribution in [0.1, 0.15) is 24.2 Å². The van der Waals surface area contributed by atoms with E-state index >= 15 is 0 Å². The smallest absolute Gasteiger partial charge is 0.251 e. The van der Waals surface area contributed by atoms with Gasteiger partial charge in [0.25, 0.3) is 5.91 Å². The molecule has 0 aliphatic heterocycles. The molecule has 0 fully saturated rings. The number of sulfone groups is 1. The highest BCUT2D eigenvalue weighted by molar-refractivity contribution is 7.90. The van der Waals surface area contributed by atoms with Crippen molar-refractivity contribution in [2.75, 3.05) is 19.3 Å². The van der Waals surface area contributed by atoms with Crippen molar-refractivity contribution in [2.24, 2.45) is 5.92 Å². The topological polar surface area (TPSA) is 92.3 Å². The standard InChI is InChI=1S/C14H20N2O4S/c1-10(2)13(17)15-7-8-16-14(18)11-5-4-6-12(9-11)21(3,19)20/h4-6,9-10H,7-8H2,1-3H3,(H,15,17)(H,16,18). The number of carbonyl (C=O) groups excluding carboxylic acids is 2. The second kappa shape index (κ2) is 7.21. The van der Waals surface area contributed by atoms with Crippen LogP contribution in [-0.4, -0.2) is 39.6 Å². The Morgan fingerprint density at radius 2 is 1.76 bits per heavy atom. The van der Waals surface area contributed by atoms with Gasteiger partial charge in [-0.2, -0.15) is 0 Å². The van der Waals surface area contributed by atoms with E-state index in [4.69, 9.17) is 0 Å². The minimum absolute atomic E-state index is 0.0803. The summed E-state index contributed by atoms with van der Waals surface area (Å²) in [4.78, 5) is 23.3. The lowest BCUT2D eigenvalue weighted by Crippen LogP contribution is -2.36.